The molecule has 1 aliphatic carbocycles. The second kappa shape index (κ2) is 6.35. The van der Waals surface area contributed by atoms with Crippen LogP contribution in [0.5, 0.6) is 0 Å². The first-order chi connectivity index (χ1) is 10.2. The van der Waals surface area contributed by atoms with E-state index in [9.17, 15) is 0 Å². The molecular weight excluding hydrogens is 303 g/mol. The Hall–Kier alpha value is -1.09. The number of rotatable bonds is 4. The number of hydrogen-bond donors (Lipinski definition) is 1. The van der Waals surface area contributed by atoms with Crippen molar-refractivity contribution in [2.45, 2.75) is 31.7 Å². The Bertz CT molecular complexity index is 642. The molecule has 4 heteroatoms. The summed E-state index contributed by atoms with van der Waals surface area (Å²) in [6, 6.07) is 10.1. The second-order valence-corrected chi connectivity index (χ2v) is 6.24. The summed E-state index contributed by atoms with van der Waals surface area (Å²) in [7, 11) is 0. The number of halogens is 2. The molecule has 1 aromatic carbocycles. The first-order valence-corrected chi connectivity index (χ1v) is 8.08. The molecule has 2 unspecified atom stereocenters. The van der Waals surface area contributed by atoms with E-state index in [1.807, 2.05) is 30.5 Å². The van der Waals surface area contributed by atoms with Gasteiger partial charge in [-0.15, -0.1) is 0 Å². The molecule has 110 valence electrons. The van der Waals surface area contributed by atoms with E-state index in [1.54, 1.807) is 0 Å². The fraction of sp³-hybridized carbons (Fsp3) is 0.353. The maximum absolute atomic E-state index is 6.42. The maximum atomic E-state index is 6.42. The van der Waals surface area contributed by atoms with Crippen molar-refractivity contribution in [3.63, 3.8) is 0 Å². The summed E-state index contributed by atoms with van der Waals surface area (Å²) in [5.41, 5.74) is 3.66. The number of nitrogens with one attached hydrogen (secondary N) is 1. The van der Waals surface area contributed by atoms with Crippen LogP contribution >= 0.6 is 23.2 Å². The van der Waals surface area contributed by atoms with E-state index in [-0.39, 0.29) is 6.04 Å². The lowest BCUT2D eigenvalue weighted by Gasteiger charge is -2.26. The monoisotopic (exact) mass is 320 g/mol. The molecule has 2 aromatic rings. The Morgan fingerprint density at radius 1 is 1.33 bits per heavy atom. The van der Waals surface area contributed by atoms with E-state index in [0.29, 0.717) is 10.9 Å². The predicted octanol–water partition coefficient (Wildman–Crippen LogP) is 4.77. The molecule has 3 rings (SSSR count). The van der Waals surface area contributed by atoms with Crippen molar-refractivity contribution in [2.24, 2.45) is 0 Å². The Balaban J connectivity index is 1.99. The van der Waals surface area contributed by atoms with Crippen molar-refractivity contribution in [2.75, 3.05) is 6.54 Å². The van der Waals surface area contributed by atoms with Crippen molar-refractivity contribution >= 4 is 23.2 Å². The summed E-state index contributed by atoms with van der Waals surface area (Å²) in [5, 5.41) is 4.97. The van der Waals surface area contributed by atoms with Gasteiger partial charge >= 0.3 is 0 Å². The maximum Gasteiger partial charge on any atom is 0.0485 e. The van der Waals surface area contributed by atoms with Crippen LogP contribution < -0.4 is 5.32 Å². The molecular formula is C17H18Cl2N2. The number of aromatic nitrogens is 1. The third-order valence-electron chi connectivity index (χ3n) is 4.13. The van der Waals surface area contributed by atoms with Gasteiger partial charge in [0.15, 0.2) is 0 Å². The number of likely N-dealkylation sites (N-methyl/N-ethyl adjacent to an activating group) is 1. The van der Waals surface area contributed by atoms with E-state index in [0.717, 1.165) is 30.0 Å². The number of aryl methyl sites for hydroxylation is 1. The van der Waals surface area contributed by atoms with Crippen molar-refractivity contribution < 1.29 is 0 Å². The number of nitrogens with zero attached hydrogens (tertiary/aromatic N) is 1. The molecule has 1 heterocycles. The van der Waals surface area contributed by atoms with Crippen LogP contribution in [0.2, 0.25) is 10.0 Å². The molecule has 0 spiro atoms. The lowest BCUT2D eigenvalue weighted by atomic mass is 9.90. The highest BCUT2D eigenvalue weighted by atomic mass is 35.5. The van der Waals surface area contributed by atoms with Crippen LogP contribution in [-0.4, -0.2) is 11.5 Å². The summed E-state index contributed by atoms with van der Waals surface area (Å²) in [6.07, 6.45) is 4.06. The molecule has 0 fully saturated rings. The molecule has 0 amide bonds. The van der Waals surface area contributed by atoms with Gasteiger partial charge in [0.2, 0.25) is 0 Å². The normalized spacial score (nSPS) is 18.5. The zero-order valence-electron chi connectivity index (χ0n) is 11.9. The number of benzene rings is 1. The van der Waals surface area contributed by atoms with Crippen LogP contribution in [0.15, 0.2) is 36.5 Å². The van der Waals surface area contributed by atoms with Gasteiger partial charge in [0.1, 0.15) is 0 Å². The van der Waals surface area contributed by atoms with Gasteiger partial charge in [-0.3, -0.25) is 4.98 Å². The van der Waals surface area contributed by atoms with Gasteiger partial charge in [-0.1, -0.05) is 42.3 Å². The van der Waals surface area contributed by atoms with Crippen molar-refractivity contribution in [3.8, 4) is 0 Å². The van der Waals surface area contributed by atoms with Gasteiger partial charge < -0.3 is 5.32 Å². The standard InChI is InChI=1S/C17H18Cl2N2/c1-2-20-17(13-8-6-12(18)10-15(13)19)14-7-5-11-4-3-9-21-16(11)14/h3-4,6,8-10,14,17,20H,2,5,7H2,1H3. The van der Waals surface area contributed by atoms with Crippen molar-refractivity contribution in [1.29, 1.82) is 0 Å². The first-order valence-electron chi connectivity index (χ1n) is 7.32. The zero-order valence-corrected chi connectivity index (χ0v) is 13.5. The minimum Gasteiger partial charge on any atom is -0.310 e. The Morgan fingerprint density at radius 3 is 2.95 bits per heavy atom. The van der Waals surface area contributed by atoms with Crippen molar-refractivity contribution in [3.05, 3.63) is 63.4 Å². The summed E-state index contributed by atoms with van der Waals surface area (Å²) < 4.78 is 0. The van der Waals surface area contributed by atoms with Crippen LogP contribution in [0.25, 0.3) is 0 Å². The topological polar surface area (TPSA) is 24.9 Å². The van der Waals surface area contributed by atoms with Crippen LogP contribution in [0.4, 0.5) is 0 Å². The lowest BCUT2D eigenvalue weighted by Crippen LogP contribution is -2.26. The largest absolute Gasteiger partial charge is 0.310 e. The van der Waals surface area contributed by atoms with Crippen molar-refractivity contribution in [1.82, 2.24) is 10.3 Å². The zero-order chi connectivity index (χ0) is 14.8. The summed E-state index contributed by atoms with van der Waals surface area (Å²) in [6.45, 7) is 3.01. The molecule has 0 saturated carbocycles. The number of pyridine rings is 1. The summed E-state index contributed by atoms with van der Waals surface area (Å²) in [4.78, 5) is 4.61. The van der Waals surface area contributed by atoms with Gasteiger partial charge in [0, 0.05) is 33.9 Å². The Morgan fingerprint density at radius 2 is 2.19 bits per heavy atom. The third kappa shape index (κ3) is 2.94. The van der Waals surface area contributed by atoms with Crippen LogP contribution in [0.1, 0.15) is 42.1 Å². The average molecular weight is 321 g/mol. The van der Waals surface area contributed by atoms with E-state index >= 15 is 0 Å². The molecule has 1 aliphatic rings. The van der Waals surface area contributed by atoms with Gasteiger partial charge in [0.05, 0.1) is 0 Å². The first kappa shape index (κ1) is 14.8. The average Bonchev–Trinajstić information content (AvgIpc) is 2.89. The fourth-order valence-electron chi connectivity index (χ4n) is 3.21. The fourth-order valence-corrected chi connectivity index (χ4v) is 3.74. The molecule has 2 atom stereocenters. The molecule has 0 saturated heterocycles. The molecule has 1 N–H and O–H groups in total. The highest BCUT2D eigenvalue weighted by molar-refractivity contribution is 6.35. The Labute approximate surface area is 135 Å². The minimum atomic E-state index is 0.177. The van der Waals surface area contributed by atoms with Gasteiger partial charge in [-0.25, -0.2) is 0 Å². The van der Waals surface area contributed by atoms with E-state index in [4.69, 9.17) is 23.2 Å². The summed E-state index contributed by atoms with van der Waals surface area (Å²) >= 11 is 12.4. The SMILES string of the molecule is CCNC(c1ccc(Cl)cc1Cl)C1CCc2cccnc21. The molecule has 0 aliphatic heterocycles. The molecule has 0 radical (unpaired) electrons. The minimum absolute atomic E-state index is 0.177. The van der Waals surface area contributed by atoms with Crippen LogP contribution in [0.3, 0.4) is 0 Å². The van der Waals surface area contributed by atoms with Crippen LogP contribution in [-0.2, 0) is 6.42 Å². The van der Waals surface area contributed by atoms with Gasteiger partial charge in [0.25, 0.3) is 0 Å². The van der Waals surface area contributed by atoms with Crippen LogP contribution in [0, 0.1) is 0 Å². The smallest absolute Gasteiger partial charge is 0.0485 e. The predicted molar refractivity (Wildman–Crippen MR) is 88.2 cm³/mol. The summed E-state index contributed by atoms with van der Waals surface area (Å²) in [5.74, 6) is 0.361. The van der Waals surface area contributed by atoms with Gasteiger partial charge in [-0.2, -0.15) is 0 Å². The number of hydrogen-bond acceptors (Lipinski definition) is 2. The lowest BCUT2D eigenvalue weighted by molar-refractivity contribution is 0.447. The van der Waals surface area contributed by atoms with E-state index < -0.39 is 0 Å². The third-order valence-corrected chi connectivity index (χ3v) is 4.69. The highest BCUT2D eigenvalue weighted by Crippen LogP contribution is 2.42. The second-order valence-electron chi connectivity index (χ2n) is 5.39. The molecule has 0 bridgehead atoms. The van der Waals surface area contributed by atoms with E-state index in [2.05, 4.69) is 23.3 Å². The molecule has 2 nitrogen and oxygen atoms in total. The molecule has 1 aromatic heterocycles. The Kier molecular flexibility index (Phi) is 4.48. The van der Waals surface area contributed by atoms with Gasteiger partial charge in [-0.05, 0) is 48.7 Å². The highest BCUT2D eigenvalue weighted by Gasteiger charge is 2.32. The quantitative estimate of drug-likeness (QED) is 0.877. The van der Waals surface area contributed by atoms with E-state index in [1.165, 1.54) is 11.3 Å². The number of fused-ring (bicyclic) bond motifs is 1. The molecule has 21 heavy (non-hydrogen) atoms.